The Morgan fingerprint density at radius 1 is 0.595 bits per heavy atom. The largest absolute Gasteiger partial charge is 0.394 e. The van der Waals surface area contributed by atoms with Crippen molar-refractivity contribution < 1.29 is 120 Å². The first-order valence-corrected chi connectivity index (χ1v) is 28.6. The molecule has 4 heterocycles. The van der Waals surface area contributed by atoms with Crippen LogP contribution in [0.25, 0.3) is 0 Å². The molecular weight excluding hydrogens is 1040 g/mol. The van der Waals surface area contributed by atoms with E-state index in [0.717, 1.165) is 24.8 Å². The number of ether oxygens (including phenoxy) is 8. The van der Waals surface area contributed by atoms with Gasteiger partial charge in [0.05, 0.1) is 50.3 Å². The van der Waals surface area contributed by atoms with Crippen LogP contribution in [0.4, 0.5) is 0 Å². The van der Waals surface area contributed by atoms with Crippen molar-refractivity contribution in [3.05, 3.63) is 11.6 Å². The molecule has 24 nitrogen and oxygen atoms in total. The van der Waals surface area contributed by atoms with Crippen LogP contribution in [0.15, 0.2) is 11.6 Å². The second-order valence-corrected chi connectivity index (χ2v) is 25.9. The molecule has 4 saturated heterocycles. The van der Waals surface area contributed by atoms with E-state index in [0.29, 0.717) is 32.1 Å². The summed E-state index contributed by atoms with van der Waals surface area (Å²) in [6.45, 7) is 13.4. The molecule has 8 aliphatic rings. The van der Waals surface area contributed by atoms with Gasteiger partial charge in [-0.1, -0.05) is 53.2 Å². The normalized spacial score (nSPS) is 50.9. The zero-order valence-corrected chi connectivity index (χ0v) is 46.8. The molecule has 16 N–H and O–H groups in total. The SMILES string of the molecule is CC[C@@]12CCC([C@H](C)CC[C@@H](O[C@@H]3O[C@H](CO)[C@@H](O)[C@H](O)[C@H]3O[C@@H]3O[C@H](CO)[C@@H](O)[C@H](O)[C@H]3O)C(C)(C)O)[C@@]1(C)C[C@@H](O)[C@@]1(C)C3CC[C@H](O[C@@H]4O[C@H](CO)[C@@H](O[C@@H]5O[C@H](CO)[C@@H](O)[C@H](O)[C@H]5O)[C@H](O)[C@H]4O)C(C)(C)C3=CCC12. The molecule has 0 aromatic carbocycles. The van der Waals surface area contributed by atoms with E-state index in [1.165, 1.54) is 0 Å². The fourth-order valence-corrected chi connectivity index (χ4v) is 16.3. The summed E-state index contributed by atoms with van der Waals surface area (Å²) >= 11 is 0. The highest BCUT2D eigenvalue weighted by atomic mass is 16.8. The van der Waals surface area contributed by atoms with E-state index < -0.39 is 184 Å². The van der Waals surface area contributed by atoms with Gasteiger partial charge in [0.1, 0.15) is 97.7 Å². The highest BCUT2D eigenvalue weighted by Gasteiger charge is 2.71. The van der Waals surface area contributed by atoms with Gasteiger partial charge in [0.2, 0.25) is 0 Å². The lowest BCUT2D eigenvalue weighted by Crippen LogP contribution is -2.66. The molecule has 3 saturated carbocycles. The fraction of sp³-hybridized carbons (Fsp3) is 0.964. The minimum absolute atomic E-state index is 0.0323. The van der Waals surface area contributed by atoms with Crippen molar-refractivity contribution in [3.8, 4) is 0 Å². The van der Waals surface area contributed by atoms with E-state index in [1.807, 2.05) is 0 Å². The first-order valence-electron chi connectivity index (χ1n) is 28.6. The number of allylic oxidation sites excluding steroid dienone is 1. The standard InChI is InChI=1S/C55H94O24/c1-9-55-17-16-24(23(2)10-14-34(52(5,6)71)77-50-46(40(66)37(63)29(21-58)74-50)79-49-43(69)39(65)36(62)28(20-57)73-49)53(55,7)18-32(60)54(8)26-12-15-33(51(3,4)25(26)11-13-31(54)55)76-47-44(70)41(67)45(30(22-59)75-47)78-48-42(68)38(64)35(61)27(19-56)72-48/h11,23-24,26-50,56-71H,9-10,12-22H2,1-8H3/t23-,24?,26?,27-,28-,29-,30-,31?,32-,33+,34-,35-,36-,37-,38+,39+,40+,41-,42-,43-,44-,45-,46-,47+,48+,49+,50+,53-,54+,55+/m1/s1. The summed E-state index contributed by atoms with van der Waals surface area (Å²) in [5, 5.41) is 172. The molecule has 8 rings (SSSR count). The number of rotatable bonds is 18. The lowest BCUT2D eigenvalue weighted by atomic mass is 9.37. The Hall–Kier alpha value is -1.22. The molecule has 7 fully saturated rings. The molecule has 0 aromatic rings. The minimum atomic E-state index is -1.85. The van der Waals surface area contributed by atoms with E-state index in [9.17, 15) is 81.7 Å². The van der Waals surface area contributed by atoms with E-state index in [2.05, 4.69) is 47.6 Å². The summed E-state index contributed by atoms with van der Waals surface area (Å²) in [6.07, 6.45) is -26.2. The Morgan fingerprint density at radius 2 is 1.08 bits per heavy atom. The Balaban J connectivity index is 0.956. The lowest BCUT2D eigenvalue weighted by molar-refractivity contribution is -0.375. The number of aliphatic hydroxyl groups excluding tert-OH is 15. The monoisotopic (exact) mass is 1140 g/mol. The molecule has 4 aliphatic heterocycles. The van der Waals surface area contributed by atoms with Crippen molar-refractivity contribution in [2.45, 2.75) is 260 Å². The Labute approximate surface area is 461 Å². The maximum absolute atomic E-state index is 12.8. The van der Waals surface area contributed by atoms with Crippen LogP contribution in [-0.2, 0) is 37.9 Å². The van der Waals surface area contributed by atoms with Crippen LogP contribution >= 0.6 is 0 Å². The van der Waals surface area contributed by atoms with E-state index in [-0.39, 0.29) is 40.9 Å². The van der Waals surface area contributed by atoms with Crippen LogP contribution < -0.4 is 0 Å². The molecule has 4 aliphatic carbocycles. The summed E-state index contributed by atoms with van der Waals surface area (Å²) in [6, 6.07) is 0. The Morgan fingerprint density at radius 3 is 1.61 bits per heavy atom. The second-order valence-electron chi connectivity index (χ2n) is 25.9. The van der Waals surface area contributed by atoms with E-state index in [4.69, 9.17) is 37.9 Å². The highest BCUT2D eigenvalue weighted by Crippen LogP contribution is 2.76. The van der Waals surface area contributed by atoms with Gasteiger partial charge in [-0.25, -0.2) is 0 Å². The van der Waals surface area contributed by atoms with Gasteiger partial charge in [-0.05, 0) is 106 Å². The molecule has 458 valence electrons. The average Bonchev–Trinajstić information content (AvgIpc) is 3.00. The van der Waals surface area contributed by atoms with Crippen molar-refractivity contribution in [2.75, 3.05) is 26.4 Å². The maximum Gasteiger partial charge on any atom is 0.187 e. The zero-order valence-electron chi connectivity index (χ0n) is 46.8. The van der Waals surface area contributed by atoms with Crippen molar-refractivity contribution in [2.24, 2.45) is 45.3 Å². The van der Waals surface area contributed by atoms with Gasteiger partial charge in [-0.15, -0.1) is 0 Å². The number of fused-ring (bicyclic) bond motifs is 5. The van der Waals surface area contributed by atoms with Gasteiger partial charge < -0.3 is 120 Å². The van der Waals surface area contributed by atoms with Gasteiger partial charge in [-0.3, -0.25) is 0 Å². The molecule has 3 unspecified atom stereocenters. The Bertz CT molecular complexity index is 2040. The molecule has 24 heteroatoms. The second kappa shape index (κ2) is 24.3. The van der Waals surface area contributed by atoms with Crippen LogP contribution in [0.3, 0.4) is 0 Å². The highest BCUT2D eigenvalue weighted by molar-refractivity contribution is 5.32. The van der Waals surface area contributed by atoms with Crippen molar-refractivity contribution in [1.82, 2.24) is 0 Å². The third-order valence-electron chi connectivity index (χ3n) is 21.1. The summed E-state index contributed by atoms with van der Waals surface area (Å²) in [7, 11) is 0. The first-order chi connectivity index (χ1) is 37.0. The smallest absolute Gasteiger partial charge is 0.187 e. The van der Waals surface area contributed by atoms with Crippen LogP contribution in [-0.4, -0.2) is 255 Å². The molecule has 0 radical (unpaired) electrons. The van der Waals surface area contributed by atoms with Gasteiger partial charge in [0.15, 0.2) is 25.2 Å². The molecular formula is C55H94O24. The molecule has 30 atom stereocenters. The van der Waals surface area contributed by atoms with Gasteiger partial charge in [0, 0.05) is 10.8 Å². The van der Waals surface area contributed by atoms with Crippen LogP contribution in [0.1, 0.15) is 113 Å². The van der Waals surface area contributed by atoms with Crippen LogP contribution in [0.5, 0.6) is 0 Å². The summed E-state index contributed by atoms with van der Waals surface area (Å²) in [5.41, 5.74) is -2.06. The zero-order chi connectivity index (χ0) is 58.2. The number of hydrogen-bond acceptors (Lipinski definition) is 24. The van der Waals surface area contributed by atoms with Gasteiger partial charge in [-0.2, -0.15) is 0 Å². The average molecular weight is 1140 g/mol. The quantitative estimate of drug-likeness (QED) is 0.0615. The summed E-state index contributed by atoms with van der Waals surface area (Å²) in [4.78, 5) is 0. The predicted octanol–water partition coefficient (Wildman–Crippen LogP) is -2.84. The minimum Gasteiger partial charge on any atom is -0.394 e. The van der Waals surface area contributed by atoms with E-state index >= 15 is 0 Å². The van der Waals surface area contributed by atoms with Crippen molar-refractivity contribution >= 4 is 0 Å². The fourth-order valence-electron chi connectivity index (χ4n) is 16.3. The summed E-state index contributed by atoms with van der Waals surface area (Å²) in [5.74, 6) is 0.258. The van der Waals surface area contributed by atoms with Gasteiger partial charge in [0.25, 0.3) is 0 Å². The topological polar surface area (TPSA) is 398 Å². The third kappa shape index (κ3) is 11.1. The van der Waals surface area contributed by atoms with Gasteiger partial charge >= 0.3 is 0 Å². The van der Waals surface area contributed by atoms with Crippen molar-refractivity contribution in [3.63, 3.8) is 0 Å². The molecule has 79 heavy (non-hydrogen) atoms. The maximum atomic E-state index is 12.8. The lowest BCUT2D eigenvalue weighted by Gasteiger charge is -2.68. The molecule has 0 spiro atoms. The Kier molecular flexibility index (Phi) is 19.6. The molecule has 0 amide bonds. The predicted molar refractivity (Wildman–Crippen MR) is 272 cm³/mol. The van der Waals surface area contributed by atoms with Crippen LogP contribution in [0.2, 0.25) is 0 Å². The molecule has 0 aromatic heterocycles. The first kappa shape index (κ1) is 63.8. The van der Waals surface area contributed by atoms with E-state index in [1.54, 1.807) is 13.8 Å². The summed E-state index contributed by atoms with van der Waals surface area (Å²) < 4.78 is 47.8. The third-order valence-corrected chi connectivity index (χ3v) is 21.1. The number of hydrogen-bond donors (Lipinski definition) is 16. The van der Waals surface area contributed by atoms with Crippen molar-refractivity contribution in [1.29, 1.82) is 0 Å². The number of aliphatic hydroxyl groups is 16. The molecule has 0 bridgehead atoms. The van der Waals surface area contributed by atoms with Crippen LogP contribution in [0, 0.1) is 45.3 Å².